The van der Waals surface area contributed by atoms with E-state index in [1.54, 1.807) is 30.3 Å². The first-order chi connectivity index (χ1) is 12.6. The highest BCUT2D eigenvalue weighted by Crippen LogP contribution is 2.40. The summed E-state index contributed by atoms with van der Waals surface area (Å²) in [5, 5.41) is 3.36. The fraction of sp³-hybridized carbons (Fsp3) is 0.0909. The summed E-state index contributed by atoms with van der Waals surface area (Å²) >= 11 is 0. The van der Waals surface area contributed by atoms with Gasteiger partial charge in [-0.2, -0.15) is 0 Å². The van der Waals surface area contributed by atoms with Gasteiger partial charge in [-0.05, 0) is 29.8 Å². The van der Waals surface area contributed by atoms with Gasteiger partial charge in [0.2, 0.25) is 0 Å². The number of carbonyl (C=O) groups excluding carboxylic acids is 2. The van der Waals surface area contributed by atoms with Crippen LogP contribution in [0.5, 0.6) is 0 Å². The molecule has 0 amide bonds. The normalized spacial score (nSPS) is 18.4. The van der Waals surface area contributed by atoms with Crippen LogP contribution in [0, 0.1) is 5.92 Å². The molecular weight excluding hydrogens is 324 g/mol. The minimum absolute atomic E-state index is 0.137. The summed E-state index contributed by atoms with van der Waals surface area (Å²) < 4.78 is 0. The Labute approximate surface area is 151 Å². The number of ketones is 2. The number of benzene rings is 3. The predicted molar refractivity (Wildman–Crippen MR) is 102 cm³/mol. The zero-order valence-electron chi connectivity index (χ0n) is 14.1. The molecule has 0 radical (unpaired) electrons. The third-order valence-electron chi connectivity index (χ3n) is 4.75. The molecule has 2 unspecified atom stereocenters. The number of hydrogen-bond acceptors (Lipinski definition) is 4. The number of carbonyl (C=O) groups is 2. The molecule has 0 aliphatic heterocycles. The molecule has 0 spiro atoms. The van der Waals surface area contributed by atoms with Crippen LogP contribution in [0.1, 0.15) is 32.3 Å². The first-order valence-corrected chi connectivity index (χ1v) is 8.49. The summed E-state index contributed by atoms with van der Waals surface area (Å²) in [5.41, 5.74) is 9.23. The van der Waals surface area contributed by atoms with Crippen LogP contribution in [0.3, 0.4) is 0 Å². The monoisotopic (exact) mass is 342 g/mol. The third kappa shape index (κ3) is 2.75. The van der Waals surface area contributed by atoms with E-state index in [9.17, 15) is 9.59 Å². The van der Waals surface area contributed by atoms with E-state index in [0.29, 0.717) is 16.8 Å². The van der Waals surface area contributed by atoms with Crippen molar-refractivity contribution in [1.82, 2.24) is 0 Å². The van der Waals surface area contributed by atoms with Crippen LogP contribution >= 0.6 is 0 Å². The average Bonchev–Trinajstić information content (AvgIpc) is 2.96. The molecule has 3 aromatic carbocycles. The summed E-state index contributed by atoms with van der Waals surface area (Å²) in [6, 6.07) is 23.2. The SMILES string of the molecule is Nc1ccc(NC2c3ccccc3C(=O)C2C(=O)c2ccccc2)cc1. The van der Waals surface area contributed by atoms with Gasteiger partial charge in [0.15, 0.2) is 11.6 Å². The largest absolute Gasteiger partial charge is 0.399 e. The van der Waals surface area contributed by atoms with Crippen molar-refractivity contribution >= 4 is 22.9 Å². The molecule has 1 aliphatic carbocycles. The van der Waals surface area contributed by atoms with Crippen molar-refractivity contribution in [3.63, 3.8) is 0 Å². The molecule has 4 heteroatoms. The molecule has 3 N–H and O–H groups in total. The van der Waals surface area contributed by atoms with E-state index in [4.69, 9.17) is 5.73 Å². The van der Waals surface area contributed by atoms with Gasteiger partial charge in [-0.15, -0.1) is 0 Å². The van der Waals surface area contributed by atoms with E-state index in [1.165, 1.54) is 0 Å². The van der Waals surface area contributed by atoms with E-state index in [2.05, 4.69) is 5.32 Å². The van der Waals surface area contributed by atoms with Crippen molar-refractivity contribution < 1.29 is 9.59 Å². The second kappa shape index (κ2) is 6.48. The summed E-state index contributed by atoms with van der Waals surface area (Å²) in [6.45, 7) is 0. The van der Waals surface area contributed by atoms with Gasteiger partial charge in [-0.25, -0.2) is 0 Å². The number of Topliss-reactive ketones (excluding diaryl/α,β-unsaturated/α-hetero) is 2. The molecule has 0 saturated carbocycles. The molecule has 0 saturated heterocycles. The minimum atomic E-state index is -0.785. The second-order valence-electron chi connectivity index (χ2n) is 6.40. The van der Waals surface area contributed by atoms with Gasteiger partial charge < -0.3 is 11.1 Å². The molecule has 4 nitrogen and oxygen atoms in total. The molecule has 0 aromatic heterocycles. The van der Waals surface area contributed by atoms with Crippen molar-refractivity contribution in [2.24, 2.45) is 5.92 Å². The second-order valence-corrected chi connectivity index (χ2v) is 6.40. The van der Waals surface area contributed by atoms with Gasteiger partial charge in [0.25, 0.3) is 0 Å². The summed E-state index contributed by atoms with van der Waals surface area (Å²) in [6.07, 6.45) is 0. The van der Waals surface area contributed by atoms with Crippen molar-refractivity contribution in [3.05, 3.63) is 95.6 Å². The number of anilines is 2. The van der Waals surface area contributed by atoms with Crippen LogP contribution in [-0.2, 0) is 0 Å². The Morgan fingerprint density at radius 1 is 0.846 bits per heavy atom. The Balaban J connectivity index is 1.75. The number of nitrogens with two attached hydrogens (primary N) is 1. The van der Waals surface area contributed by atoms with Crippen LogP contribution in [0.4, 0.5) is 11.4 Å². The molecule has 0 bridgehead atoms. The predicted octanol–water partition coefficient (Wildman–Crippen LogP) is 4.12. The van der Waals surface area contributed by atoms with Crippen molar-refractivity contribution in [2.45, 2.75) is 6.04 Å². The highest BCUT2D eigenvalue weighted by molar-refractivity contribution is 6.19. The molecule has 1 aliphatic rings. The van der Waals surface area contributed by atoms with Gasteiger partial charge in [0, 0.05) is 22.5 Å². The molecule has 0 fully saturated rings. The van der Waals surface area contributed by atoms with Gasteiger partial charge in [0.05, 0.1) is 6.04 Å². The van der Waals surface area contributed by atoms with Crippen molar-refractivity contribution in [2.75, 3.05) is 11.1 Å². The van der Waals surface area contributed by atoms with Crippen LogP contribution in [0.15, 0.2) is 78.9 Å². The lowest BCUT2D eigenvalue weighted by Crippen LogP contribution is -2.28. The highest BCUT2D eigenvalue weighted by Gasteiger charge is 2.44. The molecule has 128 valence electrons. The van der Waals surface area contributed by atoms with E-state index in [1.807, 2.05) is 48.5 Å². The van der Waals surface area contributed by atoms with Crippen LogP contribution in [-0.4, -0.2) is 11.6 Å². The third-order valence-corrected chi connectivity index (χ3v) is 4.75. The Morgan fingerprint density at radius 2 is 1.50 bits per heavy atom. The number of hydrogen-bond donors (Lipinski definition) is 2. The zero-order chi connectivity index (χ0) is 18.1. The summed E-state index contributed by atoms with van der Waals surface area (Å²) in [5.74, 6) is -1.09. The fourth-order valence-electron chi connectivity index (χ4n) is 3.46. The Morgan fingerprint density at radius 3 is 2.23 bits per heavy atom. The zero-order valence-corrected chi connectivity index (χ0v) is 14.1. The van der Waals surface area contributed by atoms with Crippen molar-refractivity contribution in [3.8, 4) is 0 Å². The Bertz CT molecular complexity index is 965. The highest BCUT2D eigenvalue weighted by atomic mass is 16.2. The molecule has 2 atom stereocenters. The van der Waals surface area contributed by atoms with E-state index >= 15 is 0 Å². The van der Waals surface area contributed by atoms with Crippen LogP contribution < -0.4 is 11.1 Å². The number of fused-ring (bicyclic) bond motifs is 1. The van der Waals surface area contributed by atoms with Gasteiger partial charge in [-0.1, -0.05) is 54.6 Å². The Kier molecular flexibility index (Phi) is 4.01. The number of nitrogens with one attached hydrogen (secondary N) is 1. The van der Waals surface area contributed by atoms with E-state index in [0.717, 1.165) is 11.3 Å². The molecular formula is C22H18N2O2. The average molecular weight is 342 g/mol. The smallest absolute Gasteiger partial charge is 0.176 e. The topological polar surface area (TPSA) is 72.2 Å². The number of nitrogen functional groups attached to an aromatic ring is 1. The van der Waals surface area contributed by atoms with E-state index in [-0.39, 0.29) is 11.6 Å². The van der Waals surface area contributed by atoms with Gasteiger partial charge in [-0.3, -0.25) is 9.59 Å². The summed E-state index contributed by atoms with van der Waals surface area (Å²) in [4.78, 5) is 26.1. The van der Waals surface area contributed by atoms with Crippen LogP contribution in [0.25, 0.3) is 0 Å². The summed E-state index contributed by atoms with van der Waals surface area (Å²) in [7, 11) is 0. The first-order valence-electron chi connectivity index (χ1n) is 8.49. The molecule has 4 rings (SSSR count). The maximum absolute atomic E-state index is 13.1. The quantitative estimate of drug-likeness (QED) is 0.425. The van der Waals surface area contributed by atoms with E-state index < -0.39 is 12.0 Å². The Hall–Kier alpha value is -3.40. The standard InChI is InChI=1S/C22H18N2O2/c23-15-10-12-16(13-11-15)24-20-17-8-4-5-9-18(17)22(26)19(20)21(25)14-6-2-1-3-7-14/h1-13,19-20,24H,23H2. The number of rotatable bonds is 4. The molecule has 26 heavy (non-hydrogen) atoms. The molecule has 3 aromatic rings. The van der Waals surface area contributed by atoms with Gasteiger partial charge in [0.1, 0.15) is 5.92 Å². The maximum Gasteiger partial charge on any atom is 0.176 e. The maximum atomic E-state index is 13.1. The van der Waals surface area contributed by atoms with Crippen LogP contribution in [0.2, 0.25) is 0 Å². The lowest BCUT2D eigenvalue weighted by atomic mass is 9.90. The fourth-order valence-corrected chi connectivity index (χ4v) is 3.46. The molecule has 0 heterocycles. The minimum Gasteiger partial charge on any atom is -0.399 e. The lowest BCUT2D eigenvalue weighted by molar-refractivity contribution is 0.0809. The first kappa shape index (κ1) is 16.1. The van der Waals surface area contributed by atoms with Crippen molar-refractivity contribution in [1.29, 1.82) is 0 Å². The van der Waals surface area contributed by atoms with Gasteiger partial charge >= 0.3 is 0 Å². The lowest BCUT2D eigenvalue weighted by Gasteiger charge is -2.21.